The second-order valence-corrected chi connectivity index (χ2v) is 3.03. The van der Waals surface area contributed by atoms with Crippen molar-refractivity contribution in [2.75, 3.05) is 0 Å². The first-order chi connectivity index (χ1) is 7.27. The minimum absolute atomic E-state index is 0.106. The smallest absolute Gasteiger partial charge is 0.379 e. The Morgan fingerprint density at radius 2 is 1.87 bits per heavy atom. The van der Waals surface area contributed by atoms with Crippen molar-refractivity contribution in [1.29, 1.82) is 10.7 Å². The number of nitrogens with zero attached hydrogens (tertiary/aromatic N) is 3. The summed E-state index contributed by atoms with van der Waals surface area (Å²) < 4.78 is 0. The van der Waals surface area contributed by atoms with Crippen LogP contribution in [0, 0.1) is 16.7 Å². The number of benzene rings is 2. The fourth-order valence-electron chi connectivity index (χ4n) is 1.50. The maximum absolute atomic E-state index is 11.7. The lowest BCUT2D eigenvalue weighted by molar-refractivity contribution is -0.264. The van der Waals surface area contributed by atoms with Crippen LogP contribution in [0.25, 0.3) is 15.7 Å². The molecule has 4 nitrogen and oxygen atoms in total. The minimum atomic E-state index is -0.368. The topological polar surface area (TPSA) is 75.0 Å². The average Bonchev–Trinajstić information content (AvgIpc) is 2.30. The Labute approximate surface area is 85.6 Å². The van der Waals surface area contributed by atoms with E-state index >= 15 is 0 Å². The molecule has 0 radical (unpaired) electrons. The molecule has 0 spiro atoms. The highest BCUT2D eigenvalue weighted by Gasteiger charge is 2.13. The Morgan fingerprint density at radius 1 is 1.20 bits per heavy atom. The molecule has 0 saturated heterocycles. The fraction of sp³-hybridized carbons (Fsp3) is 0. The Bertz CT molecular complexity index is 620. The Hall–Kier alpha value is -2.59. The molecular weight excluding hydrogens is 190 g/mol. The van der Waals surface area contributed by atoms with Crippen LogP contribution in [0.15, 0.2) is 30.3 Å². The lowest BCUT2D eigenvalue weighted by atomic mass is 10.0. The fourth-order valence-corrected chi connectivity index (χ4v) is 1.50. The molecule has 0 heterocycles. The summed E-state index contributed by atoms with van der Waals surface area (Å²) in [5.41, 5.74) is 0.225. The number of hydrogen-bond acceptors (Lipinski definition) is 3. The van der Waals surface area contributed by atoms with E-state index in [4.69, 9.17) is 10.7 Å². The molecule has 0 unspecified atom stereocenters. The summed E-state index contributed by atoms with van der Waals surface area (Å²) in [5.74, 6) is -0.368. The summed E-state index contributed by atoms with van der Waals surface area (Å²) in [7, 11) is 0. The van der Waals surface area contributed by atoms with Crippen LogP contribution in [-0.2, 0) is 0 Å². The van der Waals surface area contributed by atoms with Crippen LogP contribution < -0.4 is 5.11 Å². The Kier molecular flexibility index (Phi) is 1.97. The third-order valence-corrected chi connectivity index (χ3v) is 2.20. The maximum atomic E-state index is 11.7. The third kappa shape index (κ3) is 1.25. The van der Waals surface area contributed by atoms with Gasteiger partial charge in [-0.05, 0) is 16.5 Å². The Morgan fingerprint density at radius 3 is 2.47 bits per heavy atom. The number of diazo groups is 1. The molecule has 70 valence electrons. The van der Waals surface area contributed by atoms with Crippen LogP contribution in [0.4, 0.5) is 5.69 Å². The molecule has 15 heavy (non-hydrogen) atoms. The van der Waals surface area contributed by atoms with Gasteiger partial charge in [0.15, 0.2) is 4.98 Å². The van der Waals surface area contributed by atoms with E-state index in [0.29, 0.717) is 16.3 Å². The molecule has 0 aromatic heterocycles. The van der Waals surface area contributed by atoms with Gasteiger partial charge in [0.1, 0.15) is 6.07 Å². The zero-order chi connectivity index (χ0) is 10.8. The Balaban J connectivity index is 3.00. The van der Waals surface area contributed by atoms with E-state index in [9.17, 15) is 5.11 Å². The first kappa shape index (κ1) is 8.98. The lowest BCUT2D eigenvalue weighted by Crippen LogP contribution is -1.93. The van der Waals surface area contributed by atoms with Crippen LogP contribution in [0.1, 0.15) is 5.56 Å². The zero-order valence-electron chi connectivity index (χ0n) is 7.64. The van der Waals surface area contributed by atoms with Crippen molar-refractivity contribution in [3.05, 3.63) is 40.9 Å². The van der Waals surface area contributed by atoms with E-state index in [2.05, 4.69) is 4.98 Å². The molecule has 0 atom stereocenters. The highest BCUT2D eigenvalue weighted by molar-refractivity contribution is 5.96. The molecule has 2 aromatic carbocycles. The molecular formula is C11H5N3O. The van der Waals surface area contributed by atoms with Crippen molar-refractivity contribution in [1.82, 2.24) is 0 Å². The van der Waals surface area contributed by atoms with Crippen molar-refractivity contribution in [3.8, 4) is 11.8 Å². The summed E-state index contributed by atoms with van der Waals surface area (Å²) >= 11 is 0. The van der Waals surface area contributed by atoms with Crippen molar-refractivity contribution in [2.45, 2.75) is 0 Å². The maximum Gasteiger partial charge on any atom is 0.379 e. The third-order valence-electron chi connectivity index (χ3n) is 2.20. The summed E-state index contributed by atoms with van der Waals surface area (Å²) in [4.78, 5) is 2.87. The quantitative estimate of drug-likeness (QED) is 0.605. The van der Waals surface area contributed by atoms with Gasteiger partial charge in [0.2, 0.25) is 5.39 Å². The molecule has 4 heteroatoms. The van der Waals surface area contributed by atoms with Gasteiger partial charge in [0, 0.05) is 0 Å². The predicted octanol–water partition coefficient (Wildman–Crippen LogP) is 2.27. The second kappa shape index (κ2) is 3.28. The summed E-state index contributed by atoms with van der Waals surface area (Å²) in [6.45, 7) is 0. The predicted molar refractivity (Wildman–Crippen MR) is 52.9 cm³/mol. The van der Waals surface area contributed by atoms with Gasteiger partial charge >= 0.3 is 5.69 Å². The zero-order valence-corrected chi connectivity index (χ0v) is 7.64. The number of rotatable bonds is 0. The molecule has 2 rings (SSSR count). The molecule has 0 aliphatic carbocycles. The molecule has 0 aliphatic heterocycles. The van der Waals surface area contributed by atoms with Crippen molar-refractivity contribution >= 4 is 16.5 Å². The molecule has 0 aliphatic rings. The first-order valence-corrected chi connectivity index (χ1v) is 4.26. The van der Waals surface area contributed by atoms with Gasteiger partial charge in [-0.1, -0.05) is 24.3 Å². The van der Waals surface area contributed by atoms with Gasteiger partial charge in [0.25, 0.3) is 0 Å². The van der Waals surface area contributed by atoms with E-state index in [0.717, 1.165) is 0 Å². The SMILES string of the molecule is N#Cc1cc([N+]#N)c([O-])c2ccccc12. The van der Waals surface area contributed by atoms with Gasteiger partial charge in [-0.2, -0.15) is 5.26 Å². The van der Waals surface area contributed by atoms with Gasteiger partial charge in [-0.25, -0.2) is 0 Å². The van der Waals surface area contributed by atoms with Gasteiger partial charge in [-0.3, -0.25) is 0 Å². The van der Waals surface area contributed by atoms with E-state index in [1.807, 2.05) is 6.07 Å². The first-order valence-electron chi connectivity index (χ1n) is 4.26. The van der Waals surface area contributed by atoms with Gasteiger partial charge in [-0.15, -0.1) is 0 Å². The standard InChI is InChI=1S/C11H5N3O/c12-6-7-5-10(14-13)11(15)9-4-2-1-3-8(7)9/h1-5H. The molecule has 0 fully saturated rings. The molecule has 0 N–H and O–H groups in total. The van der Waals surface area contributed by atoms with Crippen LogP contribution >= 0.6 is 0 Å². The largest absolute Gasteiger partial charge is 0.867 e. The van der Waals surface area contributed by atoms with Crippen LogP contribution in [0.5, 0.6) is 5.75 Å². The normalized spacial score (nSPS) is 9.47. The number of fused-ring (bicyclic) bond motifs is 1. The lowest BCUT2D eigenvalue weighted by Gasteiger charge is -2.07. The monoisotopic (exact) mass is 195 g/mol. The van der Waals surface area contributed by atoms with Crippen LogP contribution in [-0.4, -0.2) is 0 Å². The summed E-state index contributed by atoms with van der Waals surface area (Å²) in [6.07, 6.45) is 0. The average molecular weight is 195 g/mol. The second-order valence-electron chi connectivity index (χ2n) is 3.03. The van der Waals surface area contributed by atoms with Crippen molar-refractivity contribution in [3.63, 3.8) is 0 Å². The van der Waals surface area contributed by atoms with Gasteiger partial charge in [0.05, 0.1) is 11.6 Å². The minimum Gasteiger partial charge on any atom is -0.867 e. The molecule has 2 aromatic rings. The van der Waals surface area contributed by atoms with Crippen LogP contribution in [0.3, 0.4) is 0 Å². The van der Waals surface area contributed by atoms with E-state index in [-0.39, 0.29) is 11.4 Å². The van der Waals surface area contributed by atoms with Crippen LogP contribution in [0.2, 0.25) is 0 Å². The summed E-state index contributed by atoms with van der Waals surface area (Å²) in [6, 6.07) is 9.99. The van der Waals surface area contributed by atoms with Crippen molar-refractivity contribution in [2.24, 2.45) is 0 Å². The highest BCUT2D eigenvalue weighted by atomic mass is 16.3. The van der Waals surface area contributed by atoms with E-state index < -0.39 is 0 Å². The van der Waals surface area contributed by atoms with Crippen molar-refractivity contribution < 1.29 is 5.11 Å². The van der Waals surface area contributed by atoms with E-state index in [1.54, 1.807) is 24.3 Å². The molecule has 0 saturated carbocycles. The highest BCUT2D eigenvalue weighted by Crippen LogP contribution is 2.34. The number of nitriles is 1. The van der Waals surface area contributed by atoms with E-state index in [1.165, 1.54) is 6.07 Å². The summed E-state index contributed by atoms with van der Waals surface area (Å²) in [5, 5.41) is 30.1. The van der Waals surface area contributed by atoms with Gasteiger partial charge < -0.3 is 5.11 Å². The number of hydrogen-bond donors (Lipinski definition) is 0. The molecule has 0 amide bonds. The molecule has 0 bridgehead atoms.